The van der Waals surface area contributed by atoms with E-state index in [9.17, 15) is 4.79 Å². The minimum atomic E-state index is -0.846. The highest BCUT2D eigenvalue weighted by Crippen LogP contribution is 2.13. The summed E-state index contributed by atoms with van der Waals surface area (Å²) >= 11 is 0. The fourth-order valence-corrected chi connectivity index (χ4v) is 1.40. The van der Waals surface area contributed by atoms with Gasteiger partial charge in [0.1, 0.15) is 0 Å². The fourth-order valence-electron chi connectivity index (χ4n) is 1.40. The zero-order valence-corrected chi connectivity index (χ0v) is 11.8. The molecular formula is C13H26O5. The summed E-state index contributed by atoms with van der Waals surface area (Å²) in [6.45, 7) is 7.02. The van der Waals surface area contributed by atoms with Gasteiger partial charge in [-0.05, 0) is 23.8 Å². The first kappa shape index (κ1) is 17.2. The summed E-state index contributed by atoms with van der Waals surface area (Å²) in [6, 6.07) is 0. The van der Waals surface area contributed by atoms with Crippen molar-refractivity contribution < 1.29 is 24.3 Å². The van der Waals surface area contributed by atoms with E-state index in [1.54, 1.807) is 0 Å². The predicted octanol–water partition coefficient (Wildman–Crippen LogP) is 4.02. The van der Waals surface area contributed by atoms with Crippen molar-refractivity contribution in [3.63, 3.8) is 0 Å². The summed E-state index contributed by atoms with van der Waals surface area (Å²) in [6.07, 6.45) is 5.34. The first-order chi connectivity index (χ1) is 8.74. The van der Waals surface area contributed by atoms with Gasteiger partial charge in [-0.15, -0.1) is 0 Å². The Morgan fingerprint density at radius 1 is 1.11 bits per heavy atom. The van der Waals surface area contributed by atoms with Gasteiger partial charge in [-0.3, -0.25) is 0 Å². The van der Waals surface area contributed by atoms with E-state index in [4.69, 9.17) is 4.74 Å². The molecule has 18 heavy (non-hydrogen) atoms. The standard InChI is InChI=1S/C13H26O5/c1-4-7-9-12(6-3)11-15-13(14)17-18-16-10-8-5-2/h12H,4-11H2,1-3H3. The Morgan fingerprint density at radius 2 is 1.83 bits per heavy atom. The molecule has 0 saturated heterocycles. The molecule has 5 nitrogen and oxygen atoms in total. The maximum absolute atomic E-state index is 11.1. The molecule has 0 saturated carbocycles. The molecule has 0 amide bonds. The van der Waals surface area contributed by atoms with Crippen LogP contribution in [0.3, 0.4) is 0 Å². The second-order valence-electron chi connectivity index (χ2n) is 4.30. The largest absolute Gasteiger partial charge is 0.542 e. The molecule has 0 aromatic heterocycles. The van der Waals surface area contributed by atoms with Crippen LogP contribution in [0.2, 0.25) is 0 Å². The lowest BCUT2D eigenvalue weighted by atomic mass is 10.0. The number of carbonyl (C=O) groups excluding carboxylic acids is 1. The van der Waals surface area contributed by atoms with Crippen molar-refractivity contribution in [3.8, 4) is 0 Å². The lowest BCUT2D eigenvalue weighted by Gasteiger charge is -2.13. The molecule has 108 valence electrons. The normalized spacial score (nSPS) is 12.2. The molecule has 0 fully saturated rings. The monoisotopic (exact) mass is 262 g/mol. The first-order valence-corrected chi connectivity index (χ1v) is 6.87. The second-order valence-corrected chi connectivity index (χ2v) is 4.30. The number of rotatable bonds is 11. The Morgan fingerprint density at radius 3 is 2.44 bits per heavy atom. The molecule has 0 bridgehead atoms. The highest BCUT2D eigenvalue weighted by atomic mass is 17.5. The summed E-state index contributed by atoms with van der Waals surface area (Å²) in [7, 11) is 0. The van der Waals surface area contributed by atoms with Crippen LogP contribution in [0.4, 0.5) is 4.79 Å². The zero-order valence-electron chi connectivity index (χ0n) is 11.8. The van der Waals surface area contributed by atoms with Crippen molar-refractivity contribution in [1.82, 2.24) is 0 Å². The molecule has 0 aliphatic rings. The number of unbranched alkanes of at least 4 members (excludes halogenated alkanes) is 2. The lowest BCUT2D eigenvalue weighted by molar-refractivity contribution is -0.486. The van der Waals surface area contributed by atoms with Crippen LogP contribution >= 0.6 is 0 Å². The van der Waals surface area contributed by atoms with Gasteiger partial charge in [-0.1, -0.05) is 46.5 Å². The first-order valence-electron chi connectivity index (χ1n) is 6.87. The highest BCUT2D eigenvalue weighted by molar-refractivity contribution is 5.58. The quantitative estimate of drug-likeness (QED) is 0.243. The van der Waals surface area contributed by atoms with E-state index in [0.717, 1.165) is 38.5 Å². The molecule has 0 aromatic rings. The van der Waals surface area contributed by atoms with Crippen LogP contribution in [-0.4, -0.2) is 19.4 Å². The Kier molecular flexibility index (Phi) is 12.1. The third-order valence-electron chi connectivity index (χ3n) is 2.71. The second kappa shape index (κ2) is 12.6. The third-order valence-corrected chi connectivity index (χ3v) is 2.71. The van der Waals surface area contributed by atoms with Crippen LogP contribution < -0.4 is 0 Å². The van der Waals surface area contributed by atoms with Gasteiger partial charge >= 0.3 is 6.16 Å². The van der Waals surface area contributed by atoms with Crippen molar-refractivity contribution in [2.45, 2.75) is 59.3 Å². The summed E-state index contributed by atoms with van der Waals surface area (Å²) in [5.41, 5.74) is 0. The Hall–Kier alpha value is -0.810. The Labute approximate surface area is 110 Å². The van der Waals surface area contributed by atoms with Crippen LogP contribution in [0.5, 0.6) is 0 Å². The van der Waals surface area contributed by atoms with Crippen molar-refractivity contribution in [2.24, 2.45) is 5.92 Å². The predicted molar refractivity (Wildman–Crippen MR) is 67.7 cm³/mol. The van der Waals surface area contributed by atoms with Gasteiger partial charge in [0, 0.05) is 0 Å². The third kappa shape index (κ3) is 10.4. The number of hydrogen-bond donors (Lipinski definition) is 0. The van der Waals surface area contributed by atoms with Crippen molar-refractivity contribution in [3.05, 3.63) is 0 Å². The minimum absolute atomic E-state index is 0.369. The number of hydrogen-bond acceptors (Lipinski definition) is 5. The van der Waals surface area contributed by atoms with Crippen LogP contribution in [-0.2, 0) is 19.6 Å². The summed E-state index contributed by atoms with van der Waals surface area (Å²) in [4.78, 5) is 20.0. The van der Waals surface area contributed by atoms with Gasteiger partial charge in [0.2, 0.25) is 0 Å². The molecule has 1 atom stereocenters. The average molecular weight is 262 g/mol. The van der Waals surface area contributed by atoms with E-state index in [2.05, 4.69) is 28.7 Å². The molecule has 0 N–H and O–H groups in total. The zero-order chi connectivity index (χ0) is 13.6. The molecular weight excluding hydrogens is 236 g/mol. The maximum Gasteiger partial charge on any atom is 0.542 e. The molecule has 0 heterocycles. The molecule has 0 rings (SSSR count). The van der Waals surface area contributed by atoms with E-state index in [1.165, 1.54) is 0 Å². The van der Waals surface area contributed by atoms with Crippen molar-refractivity contribution in [2.75, 3.05) is 13.2 Å². The smallest absolute Gasteiger partial charge is 0.432 e. The molecule has 1 unspecified atom stereocenters. The molecule has 5 heteroatoms. The fraction of sp³-hybridized carbons (Fsp3) is 0.923. The molecule has 0 aliphatic carbocycles. The van der Waals surface area contributed by atoms with Crippen molar-refractivity contribution >= 4 is 6.16 Å². The van der Waals surface area contributed by atoms with E-state index in [-0.39, 0.29) is 0 Å². The van der Waals surface area contributed by atoms with E-state index in [1.807, 2.05) is 6.92 Å². The van der Waals surface area contributed by atoms with E-state index < -0.39 is 6.16 Å². The van der Waals surface area contributed by atoms with Crippen LogP contribution in [0.15, 0.2) is 0 Å². The molecule has 0 radical (unpaired) electrons. The van der Waals surface area contributed by atoms with Crippen LogP contribution in [0.25, 0.3) is 0 Å². The Balaban J connectivity index is 3.49. The van der Waals surface area contributed by atoms with Gasteiger partial charge in [0.15, 0.2) is 0 Å². The topological polar surface area (TPSA) is 54.0 Å². The summed E-state index contributed by atoms with van der Waals surface area (Å²) < 4.78 is 4.93. The maximum atomic E-state index is 11.1. The summed E-state index contributed by atoms with van der Waals surface area (Å²) in [5, 5.41) is 4.27. The van der Waals surface area contributed by atoms with Gasteiger partial charge in [-0.2, -0.15) is 4.89 Å². The molecule has 0 spiro atoms. The number of carbonyl (C=O) groups is 1. The number of ether oxygens (including phenoxy) is 1. The van der Waals surface area contributed by atoms with Gasteiger partial charge in [-0.25, -0.2) is 9.68 Å². The van der Waals surface area contributed by atoms with Crippen LogP contribution in [0.1, 0.15) is 59.3 Å². The highest BCUT2D eigenvalue weighted by Gasteiger charge is 2.11. The van der Waals surface area contributed by atoms with Gasteiger partial charge in [0.25, 0.3) is 0 Å². The molecule has 0 aliphatic heterocycles. The lowest BCUT2D eigenvalue weighted by Crippen LogP contribution is -2.15. The summed E-state index contributed by atoms with van der Waals surface area (Å²) in [5.74, 6) is 0.388. The van der Waals surface area contributed by atoms with Crippen molar-refractivity contribution in [1.29, 1.82) is 0 Å². The van der Waals surface area contributed by atoms with E-state index >= 15 is 0 Å². The molecule has 0 aromatic carbocycles. The van der Waals surface area contributed by atoms with Gasteiger partial charge in [0.05, 0.1) is 13.2 Å². The van der Waals surface area contributed by atoms with Gasteiger partial charge < -0.3 is 4.74 Å². The minimum Gasteiger partial charge on any atom is -0.432 e. The van der Waals surface area contributed by atoms with E-state index in [0.29, 0.717) is 19.1 Å². The Bertz CT molecular complexity index is 196. The SMILES string of the molecule is CCCCOOOC(=O)OCC(CC)CCCC. The average Bonchev–Trinajstić information content (AvgIpc) is 2.39. The van der Waals surface area contributed by atoms with Crippen LogP contribution in [0, 0.1) is 5.92 Å².